The van der Waals surface area contributed by atoms with Crippen molar-refractivity contribution in [3.63, 3.8) is 0 Å². The van der Waals surface area contributed by atoms with E-state index in [0.29, 0.717) is 5.75 Å². The Morgan fingerprint density at radius 2 is 2.12 bits per heavy atom. The number of carbonyl (C=O) groups is 1. The largest absolute Gasteiger partial charge is 0.463 e. The fourth-order valence-corrected chi connectivity index (χ4v) is 3.28. The lowest BCUT2D eigenvalue weighted by Crippen LogP contribution is -2.02. The van der Waals surface area contributed by atoms with Gasteiger partial charge in [0.15, 0.2) is 5.16 Å². The highest BCUT2D eigenvalue weighted by atomic mass is 32.2. The number of imidazole rings is 1. The molecule has 0 saturated carbocycles. The molecule has 0 amide bonds. The first-order valence-electron chi connectivity index (χ1n) is 7.48. The van der Waals surface area contributed by atoms with Crippen LogP contribution in [-0.2, 0) is 10.5 Å². The molecule has 0 bridgehead atoms. The van der Waals surface area contributed by atoms with Gasteiger partial charge in [-0.2, -0.15) is 0 Å². The van der Waals surface area contributed by atoms with Crippen molar-refractivity contribution in [2.24, 2.45) is 0 Å². The van der Waals surface area contributed by atoms with Gasteiger partial charge in [0.05, 0.1) is 13.4 Å². The predicted octanol–water partition coefficient (Wildman–Crippen LogP) is 4.16. The van der Waals surface area contributed by atoms with E-state index in [-0.39, 0.29) is 5.76 Å². The molecule has 2 aromatic heterocycles. The van der Waals surface area contributed by atoms with Gasteiger partial charge in [-0.25, -0.2) is 9.78 Å². The first-order valence-corrected chi connectivity index (χ1v) is 8.47. The van der Waals surface area contributed by atoms with Crippen LogP contribution in [-0.4, -0.2) is 22.6 Å². The number of aryl methyl sites for hydroxylation is 2. The number of furan rings is 1. The van der Waals surface area contributed by atoms with Crippen molar-refractivity contribution in [3.8, 4) is 5.69 Å². The van der Waals surface area contributed by atoms with Crippen LogP contribution in [0.2, 0.25) is 0 Å². The van der Waals surface area contributed by atoms with Crippen molar-refractivity contribution in [2.45, 2.75) is 24.8 Å². The van der Waals surface area contributed by atoms with E-state index in [0.717, 1.165) is 16.4 Å². The third kappa shape index (κ3) is 3.23. The Balaban J connectivity index is 1.80. The number of aromatic nitrogens is 2. The summed E-state index contributed by atoms with van der Waals surface area (Å²) in [6.07, 6.45) is 5.20. The van der Waals surface area contributed by atoms with Gasteiger partial charge < -0.3 is 9.15 Å². The minimum Gasteiger partial charge on any atom is -0.463 e. The van der Waals surface area contributed by atoms with Crippen LogP contribution in [0.4, 0.5) is 0 Å². The van der Waals surface area contributed by atoms with E-state index in [1.165, 1.54) is 24.5 Å². The normalized spacial score (nSPS) is 10.8. The number of hydrogen-bond donors (Lipinski definition) is 0. The third-order valence-corrected chi connectivity index (χ3v) is 4.87. The fourth-order valence-electron chi connectivity index (χ4n) is 2.33. The summed E-state index contributed by atoms with van der Waals surface area (Å²) in [7, 11) is 1.34. The fraction of sp³-hybridized carbons (Fsp3) is 0.222. The maximum atomic E-state index is 11.7. The second-order valence-corrected chi connectivity index (χ2v) is 6.35. The summed E-state index contributed by atoms with van der Waals surface area (Å²) in [5, 5.41) is 0.857. The monoisotopic (exact) mass is 342 g/mol. The molecule has 124 valence electrons. The highest BCUT2D eigenvalue weighted by Gasteiger charge is 2.17. The molecule has 0 N–H and O–H groups in total. The van der Waals surface area contributed by atoms with Crippen LogP contribution in [0, 0.1) is 13.8 Å². The Morgan fingerprint density at radius 1 is 1.29 bits per heavy atom. The lowest BCUT2D eigenvalue weighted by atomic mass is 10.1. The van der Waals surface area contributed by atoms with Crippen molar-refractivity contribution in [2.75, 3.05) is 7.11 Å². The third-order valence-electron chi connectivity index (χ3n) is 3.85. The second kappa shape index (κ2) is 6.97. The molecule has 3 aromatic rings. The van der Waals surface area contributed by atoms with E-state index < -0.39 is 5.97 Å². The molecule has 0 aliphatic rings. The first-order chi connectivity index (χ1) is 11.6. The Kier molecular flexibility index (Phi) is 4.76. The van der Waals surface area contributed by atoms with Crippen LogP contribution in [0.25, 0.3) is 5.69 Å². The van der Waals surface area contributed by atoms with Crippen molar-refractivity contribution >= 4 is 17.7 Å². The van der Waals surface area contributed by atoms with Crippen LogP contribution in [0.15, 0.2) is 52.5 Å². The van der Waals surface area contributed by atoms with Crippen LogP contribution < -0.4 is 0 Å². The Labute approximate surface area is 144 Å². The van der Waals surface area contributed by atoms with Crippen LogP contribution in [0.1, 0.15) is 27.2 Å². The lowest BCUT2D eigenvalue weighted by molar-refractivity contribution is 0.0564. The van der Waals surface area contributed by atoms with Gasteiger partial charge in [-0.15, -0.1) is 0 Å². The molecule has 3 rings (SSSR count). The summed E-state index contributed by atoms with van der Waals surface area (Å²) < 4.78 is 12.0. The quantitative estimate of drug-likeness (QED) is 0.515. The summed E-state index contributed by atoms with van der Waals surface area (Å²) in [5.41, 5.74) is 4.36. The molecule has 5 nitrogen and oxygen atoms in total. The molecule has 0 fully saturated rings. The molecular formula is C18H18N2O3S. The van der Waals surface area contributed by atoms with E-state index in [2.05, 4.69) is 37.0 Å². The molecule has 0 saturated heterocycles. The molecule has 1 aromatic carbocycles. The maximum absolute atomic E-state index is 11.7. The molecule has 0 aliphatic carbocycles. The number of hydrogen-bond acceptors (Lipinski definition) is 5. The molecule has 0 unspecified atom stereocenters. The Bertz CT molecular complexity index is 867. The number of carbonyl (C=O) groups excluding carboxylic acids is 1. The minimum atomic E-state index is -0.465. The standard InChI is InChI=1S/C18H18N2O3S/c1-12-4-5-15(10-13(12)2)20-8-7-19-18(20)24-11-14-6-9-23-16(14)17(21)22-3/h4-10H,11H2,1-3H3. The van der Waals surface area contributed by atoms with Crippen molar-refractivity contribution in [1.82, 2.24) is 9.55 Å². The topological polar surface area (TPSA) is 57.3 Å². The lowest BCUT2D eigenvalue weighted by Gasteiger charge is -2.09. The van der Waals surface area contributed by atoms with Gasteiger partial charge in [-0.3, -0.25) is 4.57 Å². The van der Waals surface area contributed by atoms with Gasteiger partial charge in [-0.05, 0) is 43.2 Å². The number of esters is 1. The number of nitrogens with zero attached hydrogens (tertiary/aromatic N) is 2. The van der Waals surface area contributed by atoms with Crippen molar-refractivity contribution in [3.05, 3.63) is 65.4 Å². The van der Waals surface area contributed by atoms with Gasteiger partial charge in [0, 0.05) is 29.4 Å². The number of benzene rings is 1. The molecule has 0 atom stereocenters. The SMILES string of the molecule is COC(=O)c1occc1CSc1nccn1-c1ccc(C)c(C)c1. The predicted molar refractivity (Wildman–Crippen MR) is 92.6 cm³/mol. The average molecular weight is 342 g/mol. The minimum absolute atomic E-state index is 0.245. The highest BCUT2D eigenvalue weighted by Crippen LogP contribution is 2.27. The number of methoxy groups -OCH3 is 1. The molecule has 0 radical (unpaired) electrons. The number of thioether (sulfide) groups is 1. The van der Waals surface area contributed by atoms with E-state index in [9.17, 15) is 4.79 Å². The second-order valence-electron chi connectivity index (χ2n) is 5.40. The molecule has 0 aliphatic heterocycles. The summed E-state index contributed by atoms with van der Waals surface area (Å²) in [5.74, 6) is 0.352. The summed E-state index contributed by atoms with van der Waals surface area (Å²) in [6.45, 7) is 4.19. The molecule has 24 heavy (non-hydrogen) atoms. The number of rotatable bonds is 5. The van der Waals surface area contributed by atoms with Crippen LogP contribution >= 0.6 is 11.8 Å². The van der Waals surface area contributed by atoms with E-state index >= 15 is 0 Å². The summed E-state index contributed by atoms with van der Waals surface area (Å²) >= 11 is 1.54. The van der Waals surface area contributed by atoms with Gasteiger partial charge in [0.2, 0.25) is 5.76 Å². The average Bonchev–Trinajstić information content (AvgIpc) is 3.23. The van der Waals surface area contributed by atoms with Gasteiger partial charge >= 0.3 is 5.97 Å². The molecule has 6 heteroatoms. The summed E-state index contributed by atoms with van der Waals surface area (Å²) in [4.78, 5) is 16.1. The smallest absolute Gasteiger partial charge is 0.374 e. The maximum Gasteiger partial charge on any atom is 0.374 e. The van der Waals surface area contributed by atoms with E-state index in [4.69, 9.17) is 9.15 Å². The van der Waals surface area contributed by atoms with E-state index in [1.54, 1.807) is 24.0 Å². The zero-order chi connectivity index (χ0) is 17.1. The van der Waals surface area contributed by atoms with Gasteiger partial charge in [-0.1, -0.05) is 17.8 Å². The first kappa shape index (κ1) is 16.4. The van der Waals surface area contributed by atoms with Crippen molar-refractivity contribution < 1.29 is 13.9 Å². The Morgan fingerprint density at radius 3 is 2.88 bits per heavy atom. The zero-order valence-electron chi connectivity index (χ0n) is 13.8. The molecule has 0 spiro atoms. The van der Waals surface area contributed by atoms with Gasteiger partial charge in [0.25, 0.3) is 0 Å². The van der Waals surface area contributed by atoms with Crippen molar-refractivity contribution in [1.29, 1.82) is 0 Å². The molecular weight excluding hydrogens is 324 g/mol. The highest BCUT2D eigenvalue weighted by molar-refractivity contribution is 7.98. The summed E-state index contributed by atoms with van der Waals surface area (Å²) in [6, 6.07) is 8.09. The number of ether oxygens (including phenoxy) is 1. The van der Waals surface area contributed by atoms with Crippen LogP contribution in [0.3, 0.4) is 0 Å². The zero-order valence-corrected chi connectivity index (χ0v) is 14.6. The van der Waals surface area contributed by atoms with Crippen LogP contribution in [0.5, 0.6) is 0 Å². The van der Waals surface area contributed by atoms with Gasteiger partial charge in [0.1, 0.15) is 0 Å². The molecule has 2 heterocycles. The Hall–Kier alpha value is -2.47. The van der Waals surface area contributed by atoms with E-state index in [1.807, 2.05) is 10.8 Å².